The van der Waals surface area contributed by atoms with Crippen molar-refractivity contribution in [2.75, 3.05) is 13.2 Å². The molecule has 1 atom stereocenters. The van der Waals surface area contributed by atoms with E-state index in [2.05, 4.69) is 0 Å². The summed E-state index contributed by atoms with van der Waals surface area (Å²) >= 11 is 0. The largest absolute Gasteiger partial charge is 0.493 e. The van der Waals surface area contributed by atoms with E-state index in [9.17, 15) is 4.39 Å². The number of hydrogen-bond donors (Lipinski definition) is 2. The average Bonchev–Trinajstić information content (AvgIpc) is 2.17. The Labute approximate surface area is 82.3 Å². The molecule has 0 aliphatic carbocycles. The lowest BCUT2D eigenvalue weighted by atomic mass is 10.2. The zero-order chi connectivity index (χ0) is 10.4. The maximum absolute atomic E-state index is 12.7. The van der Waals surface area contributed by atoms with Gasteiger partial charge in [0.2, 0.25) is 0 Å². The highest BCUT2D eigenvalue weighted by Crippen LogP contribution is 2.11. The minimum Gasteiger partial charge on any atom is -0.493 e. The van der Waals surface area contributed by atoms with Crippen LogP contribution in [-0.4, -0.2) is 24.4 Å². The molecule has 3 N–H and O–H groups in total. The van der Waals surface area contributed by atoms with Crippen molar-refractivity contribution in [1.82, 2.24) is 0 Å². The van der Waals surface area contributed by atoms with Crippen molar-refractivity contribution in [3.8, 4) is 5.75 Å². The number of aliphatic hydroxyl groups is 1. The fourth-order valence-corrected chi connectivity index (χ4v) is 0.976. The molecule has 0 saturated carbocycles. The number of rotatable bonds is 5. The van der Waals surface area contributed by atoms with Crippen LogP contribution >= 0.6 is 0 Å². The Morgan fingerprint density at radius 3 is 2.93 bits per heavy atom. The molecule has 1 aromatic carbocycles. The lowest BCUT2D eigenvalue weighted by Gasteiger charge is -2.09. The maximum Gasteiger partial charge on any atom is 0.126 e. The minimum absolute atomic E-state index is 0.0630. The molecule has 0 unspecified atom stereocenters. The second-order valence-electron chi connectivity index (χ2n) is 3.04. The summed E-state index contributed by atoms with van der Waals surface area (Å²) < 4.78 is 17.9. The third kappa shape index (κ3) is 3.72. The van der Waals surface area contributed by atoms with Gasteiger partial charge in [0, 0.05) is 12.1 Å². The number of halogens is 1. The van der Waals surface area contributed by atoms with Gasteiger partial charge in [0.05, 0.1) is 13.2 Å². The zero-order valence-electron chi connectivity index (χ0n) is 7.82. The summed E-state index contributed by atoms with van der Waals surface area (Å²) in [5.74, 6) is 0.157. The van der Waals surface area contributed by atoms with Crippen LogP contribution in [0.1, 0.15) is 6.42 Å². The second kappa shape index (κ2) is 5.57. The molecule has 1 aromatic rings. The van der Waals surface area contributed by atoms with Crippen molar-refractivity contribution in [3.05, 3.63) is 30.1 Å². The summed E-state index contributed by atoms with van der Waals surface area (Å²) in [7, 11) is 0. The predicted octanol–water partition coefficient (Wildman–Crippen LogP) is 0.914. The molecule has 0 bridgehead atoms. The minimum atomic E-state index is -0.325. The normalized spacial score (nSPS) is 12.5. The predicted molar refractivity (Wildman–Crippen MR) is 51.6 cm³/mol. The first kappa shape index (κ1) is 10.9. The van der Waals surface area contributed by atoms with Crippen LogP contribution in [-0.2, 0) is 0 Å². The Morgan fingerprint density at radius 2 is 2.29 bits per heavy atom. The lowest BCUT2D eigenvalue weighted by Crippen LogP contribution is -2.26. The fraction of sp³-hybridized carbons (Fsp3) is 0.400. The Bertz CT molecular complexity index is 281. The van der Waals surface area contributed by atoms with E-state index in [1.807, 2.05) is 0 Å². The van der Waals surface area contributed by atoms with Gasteiger partial charge in [-0.1, -0.05) is 6.07 Å². The smallest absolute Gasteiger partial charge is 0.126 e. The summed E-state index contributed by atoms with van der Waals surface area (Å²) in [5.41, 5.74) is 5.46. The Hall–Kier alpha value is -1.13. The van der Waals surface area contributed by atoms with E-state index >= 15 is 0 Å². The molecule has 0 spiro atoms. The van der Waals surface area contributed by atoms with Crippen LogP contribution in [0.4, 0.5) is 4.39 Å². The van der Waals surface area contributed by atoms with Crippen molar-refractivity contribution in [1.29, 1.82) is 0 Å². The van der Waals surface area contributed by atoms with Crippen LogP contribution in [0.3, 0.4) is 0 Å². The van der Waals surface area contributed by atoms with Crippen LogP contribution < -0.4 is 10.5 Å². The van der Waals surface area contributed by atoms with E-state index in [0.29, 0.717) is 18.8 Å². The highest BCUT2D eigenvalue weighted by Gasteiger charge is 2.01. The van der Waals surface area contributed by atoms with Gasteiger partial charge in [0.25, 0.3) is 0 Å². The molecule has 0 saturated heterocycles. The standard InChI is InChI=1S/C10H14FNO2/c11-8-2-1-3-10(6-8)14-5-4-9(12)7-13/h1-3,6,9,13H,4-5,7,12H2/t9-/m1/s1. The van der Waals surface area contributed by atoms with Crippen LogP contribution in [0, 0.1) is 5.82 Å². The van der Waals surface area contributed by atoms with Crippen molar-refractivity contribution in [2.45, 2.75) is 12.5 Å². The maximum atomic E-state index is 12.7. The van der Waals surface area contributed by atoms with Crippen LogP contribution in [0.2, 0.25) is 0 Å². The van der Waals surface area contributed by atoms with Crippen molar-refractivity contribution in [3.63, 3.8) is 0 Å². The van der Waals surface area contributed by atoms with E-state index < -0.39 is 0 Å². The summed E-state index contributed by atoms with van der Waals surface area (Å²) in [4.78, 5) is 0. The summed E-state index contributed by atoms with van der Waals surface area (Å²) in [5, 5.41) is 8.64. The van der Waals surface area contributed by atoms with Crippen molar-refractivity contribution >= 4 is 0 Å². The SMILES string of the molecule is N[C@@H](CO)CCOc1cccc(F)c1. The first-order valence-corrected chi connectivity index (χ1v) is 4.47. The lowest BCUT2D eigenvalue weighted by molar-refractivity contribution is 0.230. The van der Waals surface area contributed by atoms with Gasteiger partial charge >= 0.3 is 0 Å². The van der Waals surface area contributed by atoms with Crippen molar-refractivity contribution in [2.24, 2.45) is 5.73 Å². The summed E-state index contributed by atoms with van der Waals surface area (Å²) in [6.07, 6.45) is 0.549. The van der Waals surface area contributed by atoms with Gasteiger partial charge in [-0.25, -0.2) is 4.39 Å². The molecule has 14 heavy (non-hydrogen) atoms. The highest BCUT2D eigenvalue weighted by molar-refractivity contribution is 5.22. The highest BCUT2D eigenvalue weighted by atomic mass is 19.1. The zero-order valence-corrected chi connectivity index (χ0v) is 7.82. The molecular weight excluding hydrogens is 185 g/mol. The van der Waals surface area contributed by atoms with Crippen LogP contribution in [0.15, 0.2) is 24.3 Å². The summed E-state index contributed by atoms with van der Waals surface area (Å²) in [6, 6.07) is 5.64. The molecule has 0 amide bonds. The van der Waals surface area contributed by atoms with E-state index in [1.54, 1.807) is 12.1 Å². The van der Waals surface area contributed by atoms with Gasteiger partial charge in [0.15, 0.2) is 0 Å². The van der Waals surface area contributed by atoms with Crippen molar-refractivity contribution < 1.29 is 14.2 Å². The van der Waals surface area contributed by atoms with Crippen LogP contribution in [0.5, 0.6) is 5.75 Å². The fourth-order valence-electron chi connectivity index (χ4n) is 0.976. The topological polar surface area (TPSA) is 55.5 Å². The Morgan fingerprint density at radius 1 is 1.50 bits per heavy atom. The molecule has 0 radical (unpaired) electrons. The average molecular weight is 199 g/mol. The van der Waals surface area contributed by atoms with E-state index in [1.165, 1.54) is 12.1 Å². The van der Waals surface area contributed by atoms with Crippen LogP contribution in [0.25, 0.3) is 0 Å². The number of ether oxygens (including phenoxy) is 1. The molecule has 3 nitrogen and oxygen atoms in total. The van der Waals surface area contributed by atoms with Gasteiger partial charge in [-0.05, 0) is 18.6 Å². The van der Waals surface area contributed by atoms with Gasteiger partial charge in [-0.15, -0.1) is 0 Å². The molecule has 1 rings (SSSR count). The molecule has 0 aliphatic rings. The van der Waals surface area contributed by atoms with Gasteiger partial charge in [-0.2, -0.15) is 0 Å². The molecule has 0 aromatic heterocycles. The first-order valence-electron chi connectivity index (χ1n) is 4.47. The third-order valence-electron chi connectivity index (χ3n) is 1.79. The molecule has 0 aliphatic heterocycles. The Balaban J connectivity index is 2.31. The Kier molecular flexibility index (Phi) is 4.35. The van der Waals surface area contributed by atoms with Gasteiger partial charge < -0.3 is 15.6 Å². The molecule has 0 fully saturated rings. The number of aliphatic hydroxyl groups excluding tert-OH is 1. The van der Waals surface area contributed by atoms with E-state index in [-0.39, 0.29) is 18.5 Å². The number of nitrogens with two attached hydrogens (primary N) is 1. The first-order chi connectivity index (χ1) is 6.72. The van der Waals surface area contributed by atoms with E-state index in [4.69, 9.17) is 15.6 Å². The summed E-state index contributed by atoms with van der Waals surface area (Å²) in [6.45, 7) is 0.317. The monoisotopic (exact) mass is 199 g/mol. The molecule has 0 heterocycles. The van der Waals surface area contributed by atoms with E-state index in [0.717, 1.165) is 0 Å². The molecule has 78 valence electrons. The second-order valence-corrected chi connectivity index (χ2v) is 3.04. The number of benzene rings is 1. The number of hydrogen-bond acceptors (Lipinski definition) is 3. The quantitative estimate of drug-likeness (QED) is 0.741. The van der Waals surface area contributed by atoms with Gasteiger partial charge in [-0.3, -0.25) is 0 Å². The molecule has 4 heteroatoms. The van der Waals surface area contributed by atoms with Gasteiger partial charge in [0.1, 0.15) is 11.6 Å². The molecular formula is C10H14FNO2. The third-order valence-corrected chi connectivity index (χ3v) is 1.79.